The number of hydrogen-bond acceptors (Lipinski definition) is 3. The topological polar surface area (TPSA) is 57.6 Å². The van der Waals surface area contributed by atoms with Crippen LogP contribution in [0.4, 0.5) is 5.69 Å². The Hall–Kier alpha value is -1.83. The molecule has 0 bridgehead atoms. The molecule has 1 N–H and O–H groups in total. The zero-order valence-corrected chi connectivity index (χ0v) is 11.4. The van der Waals surface area contributed by atoms with E-state index in [1.54, 1.807) is 18.2 Å². The van der Waals surface area contributed by atoms with Crippen LogP contribution in [-0.2, 0) is 9.59 Å². The summed E-state index contributed by atoms with van der Waals surface area (Å²) < 4.78 is 0. The second kappa shape index (κ2) is 4.93. The van der Waals surface area contributed by atoms with Gasteiger partial charge in [0, 0.05) is 11.4 Å². The minimum Gasteiger partial charge on any atom is -0.395 e. The largest absolute Gasteiger partial charge is 0.395 e. The minimum absolute atomic E-state index is 0.0331. The number of hydrogen-bond donors (Lipinski definition) is 1. The first-order chi connectivity index (χ1) is 9.63. The number of aliphatic hydroxyl groups excluding tert-OH is 1. The lowest BCUT2D eigenvalue weighted by Crippen LogP contribution is -2.33. The molecular weight excluding hydrogens is 278 g/mol. The Morgan fingerprint density at radius 3 is 2.65 bits per heavy atom. The molecule has 3 rings (SSSR count). The number of amides is 2. The van der Waals surface area contributed by atoms with E-state index >= 15 is 0 Å². The predicted molar refractivity (Wildman–Crippen MR) is 74.1 cm³/mol. The molecule has 2 atom stereocenters. The molecule has 1 aliphatic heterocycles. The average Bonchev–Trinajstić information content (AvgIpc) is 3.17. The molecule has 0 radical (unpaired) electrons. The monoisotopic (exact) mass is 289 g/mol. The lowest BCUT2D eigenvalue weighted by Gasteiger charge is -2.18. The van der Waals surface area contributed by atoms with Gasteiger partial charge < -0.3 is 5.11 Å². The van der Waals surface area contributed by atoms with Crippen molar-refractivity contribution < 1.29 is 14.7 Å². The Bertz CT molecular complexity index is 639. The number of anilines is 1. The molecule has 2 fully saturated rings. The van der Waals surface area contributed by atoms with Crippen LogP contribution in [-0.4, -0.2) is 23.5 Å². The number of imide groups is 1. The highest BCUT2D eigenvalue weighted by molar-refractivity contribution is 6.31. The molecule has 1 heterocycles. The van der Waals surface area contributed by atoms with E-state index in [1.807, 2.05) is 0 Å². The highest BCUT2D eigenvalue weighted by Crippen LogP contribution is 2.48. The summed E-state index contributed by atoms with van der Waals surface area (Å²) in [5.41, 5.74) is 1.02. The van der Waals surface area contributed by atoms with Crippen molar-refractivity contribution in [2.75, 3.05) is 11.5 Å². The van der Waals surface area contributed by atoms with E-state index in [0.717, 1.165) is 0 Å². The molecular formula is C15H12ClNO3. The fourth-order valence-corrected chi connectivity index (χ4v) is 2.61. The molecule has 20 heavy (non-hydrogen) atoms. The van der Waals surface area contributed by atoms with Crippen LogP contribution < -0.4 is 4.90 Å². The van der Waals surface area contributed by atoms with Gasteiger partial charge in [-0.05, 0) is 24.6 Å². The quantitative estimate of drug-likeness (QED) is 0.664. The summed E-state index contributed by atoms with van der Waals surface area (Å²) in [7, 11) is 0. The van der Waals surface area contributed by atoms with E-state index in [0.29, 0.717) is 29.1 Å². The fraction of sp³-hybridized carbons (Fsp3) is 0.333. The minimum atomic E-state index is -0.146. The lowest BCUT2D eigenvalue weighted by molar-refractivity contribution is -0.123. The summed E-state index contributed by atoms with van der Waals surface area (Å²) in [6.07, 6.45) is 1.01. The van der Waals surface area contributed by atoms with Crippen molar-refractivity contribution in [2.24, 2.45) is 11.8 Å². The van der Waals surface area contributed by atoms with Crippen molar-refractivity contribution in [1.29, 1.82) is 0 Å². The van der Waals surface area contributed by atoms with Crippen LogP contribution >= 0.6 is 11.6 Å². The van der Waals surface area contributed by atoms with Crippen LogP contribution in [0.15, 0.2) is 18.2 Å². The van der Waals surface area contributed by atoms with Gasteiger partial charge >= 0.3 is 0 Å². The molecule has 0 aromatic heterocycles. The van der Waals surface area contributed by atoms with Crippen LogP contribution in [0, 0.1) is 23.7 Å². The van der Waals surface area contributed by atoms with Crippen molar-refractivity contribution in [1.82, 2.24) is 0 Å². The number of halogens is 1. The van der Waals surface area contributed by atoms with Gasteiger partial charge in [0.05, 0.1) is 29.7 Å². The second-order valence-electron chi connectivity index (χ2n) is 4.90. The van der Waals surface area contributed by atoms with E-state index in [9.17, 15) is 9.59 Å². The van der Waals surface area contributed by atoms with Crippen LogP contribution in [0.1, 0.15) is 18.4 Å². The van der Waals surface area contributed by atoms with Gasteiger partial charge in [-0.25, -0.2) is 4.90 Å². The van der Waals surface area contributed by atoms with E-state index < -0.39 is 0 Å². The van der Waals surface area contributed by atoms with E-state index in [1.165, 1.54) is 4.90 Å². The molecule has 2 unspecified atom stereocenters. The molecule has 102 valence electrons. The molecule has 4 nitrogen and oxygen atoms in total. The molecule has 1 aromatic carbocycles. The van der Waals surface area contributed by atoms with Gasteiger partial charge in [0.15, 0.2) is 0 Å². The van der Waals surface area contributed by atoms with Crippen molar-refractivity contribution >= 4 is 29.1 Å². The number of aliphatic hydroxyl groups is 1. The summed E-state index contributed by atoms with van der Waals surface area (Å²) in [4.78, 5) is 25.4. The van der Waals surface area contributed by atoms with Gasteiger partial charge in [0.1, 0.15) is 0 Å². The molecule has 1 saturated heterocycles. The smallest absolute Gasteiger partial charge is 0.237 e. The number of rotatable bonds is 2. The van der Waals surface area contributed by atoms with Crippen LogP contribution in [0.5, 0.6) is 0 Å². The van der Waals surface area contributed by atoms with Crippen molar-refractivity contribution in [3.63, 3.8) is 0 Å². The van der Waals surface area contributed by atoms with E-state index in [-0.39, 0.29) is 30.3 Å². The summed E-state index contributed by atoms with van der Waals surface area (Å²) in [6, 6.07) is 4.91. The number of fused-ring (bicyclic) bond motifs is 1. The normalized spacial score (nSPS) is 23.4. The summed E-state index contributed by atoms with van der Waals surface area (Å²) in [5, 5.41) is 9.25. The molecule has 1 aliphatic carbocycles. The van der Waals surface area contributed by atoms with Gasteiger partial charge in [-0.3, -0.25) is 9.59 Å². The van der Waals surface area contributed by atoms with Gasteiger partial charge in [0.2, 0.25) is 11.8 Å². The SMILES string of the molecule is O=C1C2CC2C(=O)N1c1ccc(Cl)cc1C#CCCO. The van der Waals surface area contributed by atoms with Crippen LogP contribution in [0.2, 0.25) is 5.02 Å². The maximum atomic E-state index is 12.1. The van der Waals surface area contributed by atoms with Crippen molar-refractivity contribution in [2.45, 2.75) is 12.8 Å². The van der Waals surface area contributed by atoms with Gasteiger partial charge in [-0.2, -0.15) is 0 Å². The third kappa shape index (κ3) is 2.09. The molecule has 5 heteroatoms. The lowest BCUT2D eigenvalue weighted by atomic mass is 10.1. The maximum absolute atomic E-state index is 12.1. The van der Waals surface area contributed by atoms with Gasteiger partial charge in [-0.1, -0.05) is 23.4 Å². The summed E-state index contributed by atoms with van der Waals surface area (Å²) in [5.74, 6) is 5.07. The first-order valence-corrected chi connectivity index (χ1v) is 6.78. The van der Waals surface area contributed by atoms with Gasteiger partial charge in [-0.15, -0.1) is 0 Å². The summed E-state index contributed by atoms with van der Waals surface area (Å²) >= 11 is 5.94. The predicted octanol–water partition coefficient (Wildman–Crippen LogP) is 1.58. The number of carbonyl (C=O) groups excluding carboxylic acids is 2. The van der Waals surface area contributed by atoms with Crippen LogP contribution in [0.25, 0.3) is 0 Å². The van der Waals surface area contributed by atoms with E-state index in [2.05, 4.69) is 11.8 Å². The Morgan fingerprint density at radius 2 is 2.00 bits per heavy atom. The highest BCUT2D eigenvalue weighted by Gasteiger charge is 2.59. The molecule has 1 aromatic rings. The maximum Gasteiger partial charge on any atom is 0.237 e. The zero-order chi connectivity index (χ0) is 14.3. The highest BCUT2D eigenvalue weighted by atomic mass is 35.5. The Labute approximate surface area is 121 Å². The molecule has 0 spiro atoms. The number of nitrogens with zero attached hydrogens (tertiary/aromatic N) is 1. The van der Waals surface area contributed by atoms with Crippen molar-refractivity contribution in [3.05, 3.63) is 28.8 Å². The zero-order valence-electron chi connectivity index (χ0n) is 10.6. The third-order valence-electron chi connectivity index (χ3n) is 3.52. The number of benzene rings is 1. The Balaban J connectivity index is 1.99. The molecule has 2 amide bonds. The Kier molecular flexibility index (Phi) is 3.25. The summed E-state index contributed by atoms with van der Waals surface area (Å²) in [6.45, 7) is -0.0331. The number of carbonyl (C=O) groups is 2. The first kappa shape index (κ1) is 13.2. The van der Waals surface area contributed by atoms with E-state index in [4.69, 9.17) is 16.7 Å². The fourth-order valence-electron chi connectivity index (χ4n) is 2.44. The van der Waals surface area contributed by atoms with Gasteiger partial charge in [0.25, 0.3) is 0 Å². The second-order valence-corrected chi connectivity index (χ2v) is 5.33. The van der Waals surface area contributed by atoms with Crippen molar-refractivity contribution in [3.8, 4) is 11.8 Å². The molecule has 1 saturated carbocycles. The molecule has 2 aliphatic rings. The average molecular weight is 290 g/mol. The first-order valence-electron chi connectivity index (χ1n) is 6.40. The standard InChI is InChI=1S/C15H12ClNO3/c16-10-4-5-13(9(7-10)3-1-2-6-18)17-14(19)11-8-12(11)15(17)20/h4-5,7,11-12,18H,2,6,8H2. The van der Waals surface area contributed by atoms with Crippen LogP contribution in [0.3, 0.4) is 0 Å². The number of piperidine rings is 1. The Morgan fingerprint density at radius 1 is 1.30 bits per heavy atom. The third-order valence-corrected chi connectivity index (χ3v) is 3.76.